The standard InChI is InChI=1S/C26H36N4O8/c1-14(2)11-19(29-26(36)37)23(33)27-17-7-10-21(32)30-22(15(3)4)24(34)28-20(25(35)38-13-17)12-16-5-8-18(31)9-6-16/h5-10,14-15,17,19-20,22,29,31H,11-13H2,1-4H3,(H,27,33)(H,28,34)(H,30,32)(H,36,37)/b10-7+/t17-,19+,20+,22+/m1/s1. The molecule has 1 aromatic rings. The highest BCUT2D eigenvalue weighted by Crippen LogP contribution is 2.13. The topological polar surface area (TPSA) is 183 Å². The summed E-state index contributed by atoms with van der Waals surface area (Å²) in [7, 11) is 0. The molecule has 6 N–H and O–H groups in total. The van der Waals surface area contributed by atoms with Gasteiger partial charge in [0.1, 0.15) is 30.5 Å². The van der Waals surface area contributed by atoms with Crippen LogP contribution in [0, 0.1) is 11.8 Å². The van der Waals surface area contributed by atoms with Crippen molar-refractivity contribution in [1.82, 2.24) is 21.3 Å². The summed E-state index contributed by atoms with van der Waals surface area (Å²) in [6.45, 7) is 6.77. The van der Waals surface area contributed by atoms with Crippen molar-refractivity contribution in [2.24, 2.45) is 11.8 Å². The Hall–Kier alpha value is -4.09. The maximum atomic E-state index is 13.0. The Morgan fingerprint density at radius 1 is 1.08 bits per heavy atom. The number of ether oxygens (including phenoxy) is 1. The molecular formula is C26H36N4O8. The van der Waals surface area contributed by atoms with E-state index in [9.17, 15) is 29.1 Å². The van der Waals surface area contributed by atoms with E-state index in [2.05, 4.69) is 21.3 Å². The number of benzene rings is 1. The number of phenolic OH excluding ortho intramolecular Hbond substituents is 1. The molecule has 0 aromatic heterocycles. The van der Waals surface area contributed by atoms with Gasteiger partial charge in [-0.25, -0.2) is 9.59 Å². The molecule has 12 heteroatoms. The number of cyclic esters (lactones) is 1. The molecule has 0 saturated carbocycles. The summed E-state index contributed by atoms with van der Waals surface area (Å²) in [6, 6.07) is 2.01. The molecule has 1 aliphatic rings. The first-order valence-corrected chi connectivity index (χ1v) is 12.4. The molecule has 0 radical (unpaired) electrons. The fraction of sp³-hybridized carbons (Fsp3) is 0.500. The smallest absolute Gasteiger partial charge is 0.405 e. The van der Waals surface area contributed by atoms with E-state index in [1.807, 2.05) is 13.8 Å². The molecule has 1 heterocycles. The van der Waals surface area contributed by atoms with E-state index in [1.165, 1.54) is 18.2 Å². The summed E-state index contributed by atoms with van der Waals surface area (Å²) in [4.78, 5) is 62.6. The number of carbonyl (C=O) groups is 5. The number of carboxylic acid groups (broad SMARTS) is 1. The van der Waals surface area contributed by atoms with Crippen molar-refractivity contribution in [3.05, 3.63) is 42.0 Å². The number of hydrogen-bond acceptors (Lipinski definition) is 7. The number of aromatic hydroxyl groups is 1. The predicted octanol–water partition coefficient (Wildman–Crippen LogP) is 0.840. The summed E-state index contributed by atoms with van der Waals surface area (Å²) in [5.74, 6) is -2.84. The van der Waals surface area contributed by atoms with Crippen molar-refractivity contribution >= 4 is 29.8 Å². The Kier molecular flexibility index (Phi) is 11.1. The molecule has 1 aromatic carbocycles. The van der Waals surface area contributed by atoms with Gasteiger partial charge in [0, 0.05) is 12.5 Å². The molecule has 0 aliphatic carbocycles. The summed E-state index contributed by atoms with van der Waals surface area (Å²) in [6.07, 6.45) is 1.36. The fourth-order valence-electron chi connectivity index (χ4n) is 3.82. The molecule has 0 unspecified atom stereocenters. The number of nitrogens with one attached hydrogen (secondary N) is 4. The van der Waals surface area contributed by atoms with Crippen molar-refractivity contribution in [2.45, 2.75) is 64.7 Å². The Bertz CT molecular complexity index is 1040. The van der Waals surface area contributed by atoms with Gasteiger partial charge < -0.3 is 36.2 Å². The van der Waals surface area contributed by atoms with E-state index in [1.54, 1.807) is 26.0 Å². The van der Waals surface area contributed by atoms with E-state index < -0.39 is 54.0 Å². The average Bonchev–Trinajstić information content (AvgIpc) is 2.82. The van der Waals surface area contributed by atoms with Crippen LogP contribution in [0.25, 0.3) is 0 Å². The largest absolute Gasteiger partial charge is 0.508 e. The number of phenols is 1. The molecular weight excluding hydrogens is 496 g/mol. The van der Waals surface area contributed by atoms with Gasteiger partial charge in [0.05, 0.1) is 6.04 Å². The number of carbonyl (C=O) groups excluding carboxylic acids is 4. The van der Waals surface area contributed by atoms with Crippen LogP contribution in [0.15, 0.2) is 36.4 Å². The summed E-state index contributed by atoms with van der Waals surface area (Å²) < 4.78 is 5.42. The maximum absolute atomic E-state index is 13.0. The second-order valence-electron chi connectivity index (χ2n) is 9.90. The van der Waals surface area contributed by atoms with Crippen LogP contribution in [-0.4, -0.2) is 70.8 Å². The zero-order chi connectivity index (χ0) is 28.4. The van der Waals surface area contributed by atoms with Crippen LogP contribution in [-0.2, 0) is 30.3 Å². The molecule has 0 saturated heterocycles. The quantitative estimate of drug-likeness (QED) is 0.266. The lowest BCUT2D eigenvalue weighted by Crippen LogP contribution is -2.55. The third kappa shape index (κ3) is 9.75. The van der Waals surface area contributed by atoms with Gasteiger partial charge in [0.15, 0.2) is 0 Å². The van der Waals surface area contributed by atoms with Crippen LogP contribution < -0.4 is 21.3 Å². The fourth-order valence-corrected chi connectivity index (χ4v) is 3.82. The van der Waals surface area contributed by atoms with E-state index in [0.29, 0.717) is 5.56 Å². The third-order valence-corrected chi connectivity index (χ3v) is 5.76. The zero-order valence-electron chi connectivity index (χ0n) is 21.9. The average molecular weight is 533 g/mol. The molecule has 0 fully saturated rings. The predicted molar refractivity (Wildman–Crippen MR) is 137 cm³/mol. The monoisotopic (exact) mass is 532 g/mol. The molecule has 0 spiro atoms. The van der Waals surface area contributed by atoms with Crippen LogP contribution in [0.3, 0.4) is 0 Å². The summed E-state index contributed by atoms with van der Waals surface area (Å²) in [5.41, 5.74) is 0.642. The van der Waals surface area contributed by atoms with Crippen molar-refractivity contribution in [3.63, 3.8) is 0 Å². The lowest BCUT2D eigenvalue weighted by molar-refractivity contribution is -0.149. The van der Waals surface area contributed by atoms with Crippen molar-refractivity contribution in [2.75, 3.05) is 6.61 Å². The minimum absolute atomic E-state index is 0.00490. The first-order chi connectivity index (χ1) is 17.8. The highest BCUT2D eigenvalue weighted by atomic mass is 16.5. The van der Waals surface area contributed by atoms with Crippen LogP contribution in [0.4, 0.5) is 4.79 Å². The lowest BCUT2D eigenvalue weighted by Gasteiger charge is -2.26. The molecule has 0 bridgehead atoms. The van der Waals surface area contributed by atoms with Crippen molar-refractivity contribution in [3.8, 4) is 5.75 Å². The summed E-state index contributed by atoms with van der Waals surface area (Å²) >= 11 is 0. The van der Waals surface area contributed by atoms with Gasteiger partial charge in [-0.15, -0.1) is 0 Å². The third-order valence-electron chi connectivity index (χ3n) is 5.76. The van der Waals surface area contributed by atoms with E-state index in [4.69, 9.17) is 9.84 Å². The number of hydrogen-bond donors (Lipinski definition) is 6. The lowest BCUT2D eigenvalue weighted by atomic mass is 10.0. The molecule has 1 aliphatic heterocycles. The normalized spacial score (nSPS) is 22.3. The van der Waals surface area contributed by atoms with Gasteiger partial charge in [-0.2, -0.15) is 0 Å². The minimum atomic E-state index is -1.36. The zero-order valence-corrected chi connectivity index (χ0v) is 21.9. The van der Waals surface area contributed by atoms with E-state index in [0.717, 1.165) is 6.08 Å². The Labute approximate surface area is 221 Å². The molecule has 2 rings (SSSR count). The van der Waals surface area contributed by atoms with E-state index >= 15 is 0 Å². The number of rotatable bonds is 8. The SMILES string of the molecule is CC(C)C[C@H](NC(=O)O)C(=O)N[C@@H]1/C=C/C(=O)N[C@@H](C(C)C)C(=O)N[C@@H](Cc2ccc(O)cc2)C(=O)OC1. The highest BCUT2D eigenvalue weighted by molar-refractivity contribution is 5.95. The first-order valence-electron chi connectivity index (χ1n) is 12.4. The van der Waals surface area contributed by atoms with Crippen LogP contribution in [0.2, 0.25) is 0 Å². The summed E-state index contributed by atoms with van der Waals surface area (Å²) in [5, 5.41) is 28.7. The van der Waals surface area contributed by atoms with Gasteiger partial charge in [-0.05, 0) is 36.0 Å². The molecule has 4 atom stereocenters. The molecule has 4 amide bonds. The van der Waals surface area contributed by atoms with Gasteiger partial charge in [-0.1, -0.05) is 45.9 Å². The van der Waals surface area contributed by atoms with Gasteiger partial charge >= 0.3 is 12.1 Å². The minimum Gasteiger partial charge on any atom is -0.508 e. The maximum Gasteiger partial charge on any atom is 0.405 e. The Morgan fingerprint density at radius 2 is 1.74 bits per heavy atom. The van der Waals surface area contributed by atoms with E-state index in [-0.39, 0.29) is 37.0 Å². The molecule has 38 heavy (non-hydrogen) atoms. The number of amides is 4. The van der Waals surface area contributed by atoms with Crippen molar-refractivity contribution in [1.29, 1.82) is 0 Å². The number of esters is 1. The molecule has 208 valence electrons. The van der Waals surface area contributed by atoms with Gasteiger partial charge in [0.2, 0.25) is 17.7 Å². The molecule has 12 nitrogen and oxygen atoms in total. The second-order valence-corrected chi connectivity index (χ2v) is 9.90. The van der Waals surface area contributed by atoms with Crippen LogP contribution in [0.5, 0.6) is 5.75 Å². The van der Waals surface area contributed by atoms with Crippen molar-refractivity contribution < 1.29 is 38.9 Å². The highest BCUT2D eigenvalue weighted by Gasteiger charge is 2.31. The van der Waals surface area contributed by atoms with Crippen LogP contribution >= 0.6 is 0 Å². The second kappa shape index (κ2) is 14.0. The first kappa shape index (κ1) is 30.1. The van der Waals surface area contributed by atoms with Gasteiger partial charge in [0.25, 0.3) is 0 Å². The van der Waals surface area contributed by atoms with Gasteiger partial charge in [-0.3, -0.25) is 14.4 Å². The Morgan fingerprint density at radius 3 is 2.32 bits per heavy atom. The Balaban J connectivity index is 2.31. The van der Waals surface area contributed by atoms with Crippen LogP contribution in [0.1, 0.15) is 39.7 Å².